The van der Waals surface area contributed by atoms with Crippen LogP contribution >= 0.6 is 27.5 Å². The van der Waals surface area contributed by atoms with Crippen molar-refractivity contribution in [3.63, 3.8) is 0 Å². The molecular weight excluding hydrogens is 352 g/mol. The van der Waals surface area contributed by atoms with Gasteiger partial charge in [0.25, 0.3) is 0 Å². The van der Waals surface area contributed by atoms with Crippen molar-refractivity contribution in [3.8, 4) is 22.4 Å². The predicted octanol–water partition coefficient (Wildman–Crippen LogP) is 5.32. The molecule has 106 valence electrons. The van der Waals surface area contributed by atoms with Crippen LogP contribution < -0.4 is 5.73 Å². The minimum Gasteiger partial charge on any atom is -0.367 e. The normalized spacial score (nSPS) is 10.8. The van der Waals surface area contributed by atoms with Gasteiger partial charge in [0, 0.05) is 20.6 Å². The average Bonchev–Trinajstić information content (AvgIpc) is 2.80. The number of nitrogen functional groups attached to an aromatic ring is 1. The number of hydrogen-bond acceptors (Lipinski definition) is 3. The fraction of sp³-hybridized carbons (Fsp3) is 0.0625. The summed E-state index contributed by atoms with van der Waals surface area (Å²) in [7, 11) is 0. The second-order valence-corrected chi connectivity index (χ2v) is 6.09. The lowest BCUT2D eigenvalue weighted by Crippen LogP contribution is -1.89. The smallest absolute Gasteiger partial charge is 0.230 e. The largest absolute Gasteiger partial charge is 0.367 e. The zero-order valence-corrected chi connectivity index (χ0v) is 13.6. The SMILES string of the molecule is Cc1cc(Br)cc(-c2noc(N)c2-c2ccccc2Cl)c1. The maximum atomic E-state index is 6.28. The Morgan fingerprint density at radius 2 is 1.95 bits per heavy atom. The van der Waals surface area contributed by atoms with Gasteiger partial charge in [-0.05, 0) is 36.8 Å². The van der Waals surface area contributed by atoms with E-state index in [0.29, 0.717) is 10.7 Å². The van der Waals surface area contributed by atoms with Gasteiger partial charge in [0.1, 0.15) is 5.69 Å². The Hall–Kier alpha value is -1.78. The van der Waals surface area contributed by atoms with Gasteiger partial charge < -0.3 is 10.3 Å². The maximum Gasteiger partial charge on any atom is 0.230 e. The highest BCUT2D eigenvalue weighted by atomic mass is 79.9. The molecule has 3 aromatic rings. The van der Waals surface area contributed by atoms with Gasteiger partial charge in [0.05, 0.1) is 5.56 Å². The van der Waals surface area contributed by atoms with Crippen molar-refractivity contribution in [3.05, 3.63) is 57.5 Å². The second-order valence-electron chi connectivity index (χ2n) is 4.77. The van der Waals surface area contributed by atoms with E-state index in [0.717, 1.165) is 26.7 Å². The summed E-state index contributed by atoms with van der Waals surface area (Å²) in [4.78, 5) is 0. The van der Waals surface area contributed by atoms with Gasteiger partial charge in [0.2, 0.25) is 5.88 Å². The maximum absolute atomic E-state index is 6.28. The molecule has 3 nitrogen and oxygen atoms in total. The molecule has 5 heteroatoms. The van der Waals surface area contributed by atoms with Gasteiger partial charge in [-0.1, -0.05) is 50.9 Å². The summed E-state index contributed by atoms with van der Waals surface area (Å²) in [5, 5.41) is 4.72. The summed E-state index contributed by atoms with van der Waals surface area (Å²) in [5.74, 6) is 0.260. The van der Waals surface area contributed by atoms with E-state index >= 15 is 0 Å². The molecule has 2 aromatic carbocycles. The molecule has 0 aliphatic carbocycles. The van der Waals surface area contributed by atoms with Crippen molar-refractivity contribution in [2.45, 2.75) is 6.92 Å². The van der Waals surface area contributed by atoms with Gasteiger partial charge in [-0.3, -0.25) is 0 Å². The van der Waals surface area contributed by atoms with E-state index in [1.165, 1.54) is 0 Å². The van der Waals surface area contributed by atoms with Crippen LogP contribution in [0.3, 0.4) is 0 Å². The van der Waals surface area contributed by atoms with E-state index in [1.807, 2.05) is 49.4 Å². The third-order valence-electron chi connectivity index (χ3n) is 3.18. The molecule has 0 unspecified atom stereocenters. The van der Waals surface area contributed by atoms with E-state index in [9.17, 15) is 0 Å². The highest BCUT2D eigenvalue weighted by Crippen LogP contribution is 2.40. The molecular formula is C16H12BrClN2O. The molecule has 0 fully saturated rings. The fourth-order valence-electron chi connectivity index (χ4n) is 2.30. The molecule has 0 aliphatic heterocycles. The third kappa shape index (κ3) is 2.69. The van der Waals surface area contributed by atoms with E-state index in [1.54, 1.807) is 0 Å². The summed E-state index contributed by atoms with van der Waals surface area (Å²) in [6.07, 6.45) is 0. The number of nitrogens with zero attached hydrogens (tertiary/aromatic N) is 1. The van der Waals surface area contributed by atoms with Crippen LogP contribution in [0.1, 0.15) is 5.56 Å². The van der Waals surface area contributed by atoms with Crippen LogP contribution in [-0.2, 0) is 0 Å². The molecule has 0 atom stereocenters. The minimum atomic E-state index is 0.260. The van der Waals surface area contributed by atoms with Crippen molar-refractivity contribution in [2.24, 2.45) is 0 Å². The molecule has 2 N–H and O–H groups in total. The number of nitrogens with two attached hydrogens (primary N) is 1. The van der Waals surface area contributed by atoms with Gasteiger partial charge in [-0.15, -0.1) is 0 Å². The van der Waals surface area contributed by atoms with Crippen LogP contribution in [0, 0.1) is 6.92 Å². The molecule has 0 amide bonds. The van der Waals surface area contributed by atoms with E-state index < -0.39 is 0 Å². The van der Waals surface area contributed by atoms with Gasteiger partial charge in [0.15, 0.2) is 0 Å². The number of rotatable bonds is 2. The van der Waals surface area contributed by atoms with Gasteiger partial charge in [-0.25, -0.2) is 0 Å². The van der Waals surface area contributed by atoms with Gasteiger partial charge in [-0.2, -0.15) is 0 Å². The fourth-order valence-corrected chi connectivity index (χ4v) is 3.14. The number of halogens is 2. The molecule has 0 spiro atoms. The summed E-state index contributed by atoms with van der Waals surface area (Å²) < 4.78 is 6.17. The molecule has 3 rings (SSSR count). The van der Waals surface area contributed by atoms with Crippen molar-refractivity contribution in [1.82, 2.24) is 5.16 Å². The zero-order chi connectivity index (χ0) is 15.0. The number of benzene rings is 2. The van der Waals surface area contributed by atoms with Crippen LogP contribution in [-0.4, -0.2) is 5.16 Å². The Balaban J connectivity index is 2.24. The topological polar surface area (TPSA) is 52.0 Å². The number of aryl methyl sites for hydroxylation is 1. The lowest BCUT2D eigenvalue weighted by atomic mass is 10.00. The Morgan fingerprint density at radius 1 is 1.19 bits per heavy atom. The Labute approximate surface area is 135 Å². The second kappa shape index (κ2) is 5.54. The van der Waals surface area contributed by atoms with Crippen LogP contribution in [0.2, 0.25) is 5.02 Å². The Kier molecular flexibility index (Phi) is 3.74. The highest BCUT2D eigenvalue weighted by molar-refractivity contribution is 9.10. The number of aromatic nitrogens is 1. The van der Waals surface area contributed by atoms with E-state index in [-0.39, 0.29) is 5.88 Å². The molecule has 0 bridgehead atoms. The van der Waals surface area contributed by atoms with Crippen molar-refractivity contribution >= 4 is 33.4 Å². The molecule has 0 radical (unpaired) electrons. The Morgan fingerprint density at radius 3 is 2.67 bits per heavy atom. The lowest BCUT2D eigenvalue weighted by molar-refractivity contribution is 0.439. The minimum absolute atomic E-state index is 0.260. The lowest BCUT2D eigenvalue weighted by Gasteiger charge is -2.06. The van der Waals surface area contributed by atoms with E-state index in [4.69, 9.17) is 21.9 Å². The molecule has 0 saturated carbocycles. The van der Waals surface area contributed by atoms with Crippen molar-refractivity contribution < 1.29 is 4.52 Å². The highest BCUT2D eigenvalue weighted by Gasteiger charge is 2.19. The first-order valence-corrected chi connectivity index (χ1v) is 7.51. The summed E-state index contributed by atoms with van der Waals surface area (Å²) in [6.45, 7) is 2.02. The molecule has 1 heterocycles. The third-order valence-corrected chi connectivity index (χ3v) is 3.96. The zero-order valence-electron chi connectivity index (χ0n) is 11.2. The summed E-state index contributed by atoms with van der Waals surface area (Å²) in [6, 6.07) is 13.5. The predicted molar refractivity (Wildman–Crippen MR) is 89.2 cm³/mol. The first-order chi connectivity index (χ1) is 10.1. The Bertz CT molecular complexity index is 794. The molecule has 1 aromatic heterocycles. The quantitative estimate of drug-likeness (QED) is 0.671. The first-order valence-electron chi connectivity index (χ1n) is 6.34. The van der Waals surface area contributed by atoms with Crippen LogP contribution in [0.5, 0.6) is 0 Å². The first kappa shape index (κ1) is 14.2. The van der Waals surface area contributed by atoms with Crippen molar-refractivity contribution in [1.29, 1.82) is 0 Å². The number of hydrogen-bond donors (Lipinski definition) is 1. The van der Waals surface area contributed by atoms with E-state index in [2.05, 4.69) is 21.1 Å². The molecule has 21 heavy (non-hydrogen) atoms. The number of anilines is 1. The van der Waals surface area contributed by atoms with Crippen LogP contribution in [0.4, 0.5) is 5.88 Å². The van der Waals surface area contributed by atoms with Crippen LogP contribution in [0.15, 0.2) is 51.5 Å². The monoisotopic (exact) mass is 362 g/mol. The summed E-state index contributed by atoms with van der Waals surface area (Å²) in [5.41, 5.74) is 10.2. The van der Waals surface area contributed by atoms with Crippen molar-refractivity contribution in [2.75, 3.05) is 5.73 Å². The average molecular weight is 364 g/mol. The standard InChI is InChI=1S/C16H12BrClN2O/c1-9-6-10(8-11(17)7-9)15-14(16(19)21-20-15)12-4-2-3-5-13(12)18/h2-8H,19H2,1H3. The summed E-state index contributed by atoms with van der Waals surface area (Å²) >= 11 is 9.77. The van der Waals surface area contributed by atoms with Crippen LogP contribution in [0.25, 0.3) is 22.4 Å². The van der Waals surface area contributed by atoms with Gasteiger partial charge >= 0.3 is 0 Å². The molecule has 0 aliphatic rings. The molecule has 0 saturated heterocycles.